The summed E-state index contributed by atoms with van der Waals surface area (Å²) in [6.45, 7) is 1.82. The number of amides is 1. The Labute approximate surface area is 202 Å². The topological polar surface area (TPSA) is 99.1 Å². The Kier molecular flexibility index (Phi) is 27.4. The van der Waals surface area contributed by atoms with Crippen LogP contribution in [-0.2, 0) is 14.3 Å². The quantitative estimate of drug-likeness (QED) is 0.113. The van der Waals surface area contributed by atoms with E-state index in [4.69, 9.17) is 14.9 Å². The molecular weight excluding hydrogens is 432 g/mol. The predicted molar refractivity (Wildman–Crippen MR) is 132 cm³/mol. The normalized spacial score (nSPS) is 10.8. The Morgan fingerprint density at radius 2 is 1.19 bits per heavy atom. The van der Waals surface area contributed by atoms with Gasteiger partial charge >= 0.3 is 5.97 Å². The Morgan fingerprint density at radius 3 is 1.62 bits per heavy atom. The summed E-state index contributed by atoms with van der Waals surface area (Å²) in [5, 5.41) is 20.3. The van der Waals surface area contributed by atoms with Crippen LogP contribution in [0.5, 0.6) is 0 Å². The molecule has 7 nitrogen and oxygen atoms in total. The molecule has 0 spiro atoms. The van der Waals surface area contributed by atoms with Gasteiger partial charge < -0.3 is 20.3 Å². The Morgan fingerprint density at radius 1 is 0.750 bits per heavy atom. The zero-order valence-corrected chi connectivity index (χ0v) is 21.1. The van der Waals surface area contributed by atoms with Gasteiger partial charge in [-0.1, -0.05) is 96.8 Å². The monoisotopic (exact) mass is 480 g/mol. The van der Waals surface area contributed by atoms with Crippen LogP contribution >= 0.6 is 12.4 Å². The minimum absolute atomic E-state index is 0. The minimum atomic E-state index is -0.513. The highest BCUT2D eigenvalue weighted by molar-refractivity contribution is 5.85. The number of carbonyl (C=O) groups excluding carboxylic acids is 2. The smallest absolute Gasteiger partial charge is 0.325 e. The standard InChI is InChI=1S/C24H48N2O5.ClH/c1-2-3-4-5-6-7-8-9-10-11-12-13-14-15-16-17-23(29)25-20-24(30)31-19-18-26(21-27)22-28;/h27-28H,2-22H2,1H3,(H,25,29);1H. The van der Waals surface area contributed by atoms with Gasteiger partial charge in [0.2, 0.25) is 5.91 Å². The van der Waals surface area contributed by atoms with Crippen LogP contribution in [-0.4, -0.2) is 60.1 Å². The van der Waals surface area contributed by atoms with Crippen molar-refractivity contribution in [2.45, 2.75) is 110 Å². The molecular formula is C24H49ClN2O5. The number of carbonyl (C=O) groups is 2. The molecule has 0 aliphatic heterocycles. The lowest BCUT2D eigenvalue weighted by Crippen LogP contribution is -2.33. The van der Waals surface area contributed by atoms with Crippen molar-refractivity contribution < 1.29 is 24.5 Å². The van der Waals surface area contributed by atoms with E-state index in [1.807, 2.05) is 0 Å². The maximum atomic E-state index is 11.8. The van der Waals surface area contributed by atoms with Gasteiger partial charge in [0.25, 0.3) is 0 Å². The number of rotatable bonds is 23. The molecule has 32 heavy (non-hydrogen) atoms. The number of hydrogen-bond donors (Lipinski definition) is 3. The first kappa shape index (κ1) is 33.3. The fourth-order valence-electron chi connectivity index (χ4n) is 3.44. The molecule has 0 bridgehead atoms. The predicted octanol–water partition coefficient (Wildman–Crippen LogP) is 4.53. The molecule has 192 valence electrons. The van der Waals surface area contributed by atoms with Crippen LogP contribution in [0.25, 0.3) is 0 Å². The van der Waals surface area contributed by atoms with E-state index < -0.39 is 5.97 Å². The third-order valence-electron chi connectivity index (χ3n) is 5.51. The fourth-order valence-corrected chi connectivity index (χ4v) is 3.44. The van der Waals surface area contributed by atoms with Crippen molar-refractivity contribution >= 4 is 24.3 Å². The summed E-state index contributed by atoms with van der Waals surface area (Å²) in [4.78, 5) is 24.6. The van der Waals surface area contributed by atoms with Crippen LogP contribution in [0.1, 0.15) is 110 Å². The van der Waals surface area contributed by atoms with E-state index in [-0.39, 0.29) is 51.5 Å². The molecule has 0 aliphatic carbocycles. The molecule has 0 saturated heterocycles. The Hall–Kier alpha value is -0.890. The van der Waals surface area contributed by atoms with Gasteiger partial charge in [-0.3, -0.25) is 14.5 Å². The van der Waals surface area contributed by atoms with Gasteiger partial charge in [0, 0.05) is 13.0 Å². The van der Waals surface area contributed by atoms with Crippen molar-refractivity contribution in [1.29, 1.82) is 0 Å². The summed E-state index contributed by atoms with van der Waals surface area (Å²) in [6, 6.07) is 0. The number of ether oxygens (including phenoxy) is 1. The summed E-state index contributed by atoms with van der Waals surface area (Å²) in [7, 11) is 0. The maximum absolute atomic E-state index is 11.8. The van der Waals surface area contributed by atoms with E-state index in [2.05, 4.69) is 12.2 Å². The van der Waals surface area contributed by atoms with Crippen LogP contribution < -0.4 is 5.32 Å². The summed E-state index contributed by atoms with van der Waals surface area (Å²) in [6.07, 6.45) is 19.8. The van der Waals surface area contributed by atoms with Crippen molar-refractivity contribution in [2.24, 2.45) is 0 Å². The number of aliphatic hydroxyl groups is 2. The van der Waals surface area contributed by atoms with Crippen LogP contribution in [0.15, 0.2) is 0 Å². The zero-order chi connectivity index (χ0) is 23.0. The Bertz CT molecular complexity index is 423. The van der Waals surface area contributed by atoms with Gasteiger partial charge in [0.1, 0.15) is 13.2 Å². The minimum Gasteiger partial charge on any atom is -0.463 e. The molecule has 0 heterocycles. The Balaban J connectivity index is 0. The van der Waals surface area contributed by atoms with Crippen molar-refractivity contribution in [3.63, 3.8) is 0 Å². The molecule has 0 aromatic carbocycles. The van der Waals surface area contributed by atoms with Gasteiger partial charge in [-0.25, -0.2) is 0 Å². The zero-order valence-electron chi connectivity index (χ0n) is 20.3. The third kappa shape index (κ3) is 23.8. The highest BCUT2D eigenvalue weighted by Gasteiger charge is 2.08. The number of esters is 1. The second-order valence-electron chi connectivity index (χ2n) is 8.37. The first-order chi connectivity index (χ1) is 15.1. The van der Waals surface area contributed by atoms with E-state index in [0.29, 0.717) is 6.42 Å². The van der Waals surface area contributed by atoms with Crippen LogP contribution in [0.4, 0.5) is 0 Å². The lowest BCUT2D eigenvalue weighted by atomic mass is 10.0. The molecule has 1 amide bonds. The number of aliphatic hydroxyl groups excluding tert-OH is 2. The average Bonchev–Trinajstić information content (AvgIpc) is 2.78. The maximum Gasteiger partial charge on any atom is 0.325 e. The molecule has 0 aliphatic rings. The number of nitrogens with one attached hydrogen (secondary N) is 1. The molecule has 3 N–H and O–H groups in total. The summed E-state index contributed by atoms with van der Waals surface area (Å²) < 4.78 is 4.94. The fraction of sp³-hybridized carbons (Fsp3) is 0.917. The van der Waals surface area contributed by atoms with Crippen molar-refractivity contribution in [3.8, 4) is 0 Å². The molecule has 0 atom stereocenters. The SMILES string of the molecule is CCCCCCCCCCCCCCCCCC(=O)NCC(=O)OCCN(CO)CO.Cl. The van der Waals surface area contributed by atoms with Crippen molar-refractivity contribution in [2.75, 3.05) is 33.2 Å². The largest absolute Gasteiger partial charge is 0.463 e. The second-order valence-corrected chi connectivity index (χ2v) is 8.37. The number of unbranched alkanes of at least 4 members (excludes halogenated alkanes) is 14. The molecule has 0 rings (SSSR count). The molecule has 0 aromatic heterocycles. The van der Waals surface area contributed by atoms with Gasteiger partial charge in [0.15, 0.2) is 0 Å². The first-order valence-corrected chi connectivity index (χ1v) is 12.5. The molecule has 8 heteroatoms. The van der Waals surface area contributed by atoms with E-state index in [0.717, 1.165) is 12.8 Å². The molecule has 0 aromatic rings. The van der Waals surface area contributed by atoms with Crippen molar-refractivity contribution in [1.82, 2.24) is 10.2 Å². The molecule has 0 radical (unpaired) electrons. The number of hydrogen-bond acceptors (Lipinski definition) is 6. The number of nitrogens with zero attached hydrogens (tertiary/aromatic N) is 1. The van der Waals surface area contributed by atoms with E-state index in [1.54, 1.807) is 0 Å². The van der Waals surface area contributed by atoms with E-state index >= 15 is 0 Å². The average molecular weight is 481 g/mol. The third-order valence-corrected chi connectivity index (χ3v) is 5.51. The lowest BCUT2D eigenvalue weighted by Gasteiger charge is -2.15. The highest BCUT2D eigenvalue weighted by atomic mass is 35.5. The summed E-state index contributed by atoms with van der Waals surface area (Å²) in [5.41, 5.74) is 0. The van der Waals surface area contributed by atoms with Crippen LogP contribution in [0.3, 0.4) is 0 Å². The lowest BCUT2D eigenvalue weighted by molar-refractivity contribution is -0.145. The summed E-state index contributed by atoms with van der Waals surface area (Å²) >= 11 is 0. The second kappa shape index (κ2) is 26.4. The van der Waals surface area contributed by atoms with Gasteiger partial charge in [-0.05, 0) is 6.42 Å². The molecule has 0 saturated carbocycles. The summed E-state index contributed by atoms with van der Waals surface area (Å²) in [5.74, 6) is -0.639. The number of halogens is 1. The highest BCUT2D eigenvalue weighted by Crippen LogP contribution is 2.13. The van der Waals surface area contributed by atoms with Crippen LogP contribution in [0.2, 0.25) is 0 Å². The van der Waals surface area contributed by atoms with Gasteiger partial charge in [-0.2, -0.15) is 0 Å². The van der Waals surface area contributed by atoms with E-state index in [1.165, 1.54) is 88.4 Å². The van der Waals surface area contributed by atoms with Gasteiger partial charge in [-0.15, -0.1) is 12.4 Å². The molecule has 0 unspecified atom stereocenters. The molecule has 0 fully saturated rings. The van der Waals surface area contributed by atoms with E-state index in [9.17, 15) is 9.59 Å². The van der Waals surface area contributed by atoms with Gasteiger partial charge in [0.05, 0.1) is 13.5 Å². The van der Waals surface area contributed by atoms with Crippen LogP contribution in [0, 0.1) is 0 Å². The van der Waals surface area contributed by atoms with Crippen molar-refractivity contribution in [3.05, 3.63) is 0 Å². The first-order valence-electron chi connectivity index (χ1n) is 12.5.